The molecule has 1 saturated heterocycles. The monoisotopic (exact) mass is 238 g/mol. The number of amides is 1. The zero-order valence-corrected chi connectivity index (χ0v) is 11.1. The SMILES string of the molecule is CCC1(C(=O)NCC2CCCC2)CCCNC1. The molecule has 2 fully saturated rings. The van der Waals surface area contributed by atoms with E-state index in [2.05, 4.69) is 17.6 Å². The Hall–Kier alpha value is -0.570. The molecule has 1 aliphatic carbocycles. The van der Waals surface area contributed by atoms with Crippen LogP contribution in [0.25, 0.3) is 0 Å². The molecule has 0 aromatic heterocycles. The quantitative estimate of drug-likeness (QED) is 0.787. The molecule has 2 aliphatic rings. The molecule has 3 nitrogen and oxygen atoms in total. The van der Waals surface area contributed by atoms with Gasteiger partial charge in [-0.15, -0.1) is 0 Å². The molecule has 0 spiro atoms. The van der Waals surface area contributed by atoms with Crippen molar-refractivity contribution < 1.29 is 4.79 Å². The summed E-state index contributed by atoms with van der Waals surface area (Å²) in [5.41, 5.74) is -0.128. The second-order valence-electron chi connectivity index (χ2n) is 5.77. The third-order valence-corrected chi connectivity index (χ3v) is 4.66. The van der Waals surface area contributed by atoms with Crippen molar-refractivity contribution in [3.8, 4) is 0 Å². The lowest BCUT2D eigenvalue weighted by atomic mass is 9.77. The number of carbonyl (C=O) groups excluding carboxylic acids is 1. The maximum absolute atomic E-state index is 12.4. The fraction of sp³-hybridized carbons (Fsp3) is 0.929. The van der Waals surface area contributed by atoms with E-state index < -0.39 is 0 Å². The maximum atomic E-state index is 12.4. The maximum Gasteiger partial charge on any atom is 0.227 e. The van der Waals surface area contributed by atoms with Crippen LogP contribution < -0.4 is 10.6 Å². The first kappa shape index (κ1) is 12.9. The van der Waals surface area contributed by atoms with E-state index in [9.17, 15) is 4.79 Å². The number of hydrogen-bond acceptors (Lipinski definition) is 2. The smallest absolute Gasteiger partial charge is 0.227 e. The van der Waals surface area contributed by atoms with Crippen LogP contribution in [0.3, 0.4) is 0 Å². The molecule has 2 rings (SSSR count). The standard InChI is InChI=1S/C14H26N2O/c1-2-14(8-5-9-15-11-14)13(17)16-10-12-6-3-4-7-12/h12,15H,2-11H2,1H3,(H,16,17). The second kappa shape index (κ2) is 5.85. The molecule has 1 aliphatic heterocycles. The Labute approximate surface area is 105 Å². The summed E-state index contributed by atoms with van der Waals surface area (Å²) < 4.78 is 0. The van der Waals surface area contributed by atoms with Gasteiger partial charge in [-0.2, -0.15) is 0 Å². The molecule has 17 heavy (non-hydrogen) atoms. The van der Waals surface area contributed by atoms with Crippen molar-refractivity contribution in [3.63, 3.8) is 0 Å². The molecule has 1 amide bonds. The fourth-order valence-corrected chi connectivity index (χ4v) is 3.26. The van der Waals surface area contributed by atoms with E-state index in [1.165, 1.54) is 25.7 Å². The first-order valence-corrected chi connectivity index (χ1v) is 7.26. The van der Waals surface area contributed by atoms with Crippen LogP contribution in [0.4, 0.5) is 0 Å². The summed E-state index contributed by atoms with van der Waals surface area (Å²) in [4.78, 5) is 12.4. The van der Waals surface area contributed by atoms with E-state index in [4.69, 9.17) is 0 Å². The summed E-state index contributed by atoms with van der Waals surface area (Å²) in [6, 6.07) is 0. The normalized spacial score (nSPS) is 30.4. The third-order valence-electron chi connectivity index (χ3n) is 4.66. The molecular formula is C14H26N2O. The van der Waals surface area contributed by atoms with Crippen molar-refractivity contribution in [3.05, 3.63) is 0 Å². The van der Waals surface area contributed by atoms with Crippen LogP contribution in [-0.4, -0.2) is 25.5 Å². The summed E-state index contributed by atoms with van der Waals surface area (Å²) in [6.07, 6.45) is 8.44. The molecule has 98 valence electrons. The van der Waals surface area contributed by atoms with E-state index >= 15 is 0 Å². The predicted molar refractivity (Wildman–Crippen MR) is 69.8 cm³/mol. The van der Waals surface area contributed by atoms with Gasteiger partial charge >= 0.3 is 0 Å². The van der Waals surface area contributed by atoms with E-state index in [0.29, 0.717) is 5.91 Å². The number of rotatable bonds is 4. The second-order valence-corrected chi connectivity index (χ2v) is 5.77. The minimum atomic E-state index is -0.128. The molecule has 1 atom stereocenters. The van der Waals surface area contributed by atoms with Crippen LogP contribution in [0, 0.1) is 11.3 Å². The molecule has 1 saturated carbocycles. The van der Waals surface area contributed by atoms with Gasteiger partial charge in [-0.25, -0.2) is 0 Å². The van der Waals surface area contributed by atoms with Crippen LogP contribution in [0.15, 0.2) is 0 Å². The van der Waals surface area contributed by atoms with Gasteiger partial charge in [0.1, 0.15) is 0 Å². The average Bonchev–Trinajstić information content (AvgIpc) is 2.90. The Morgan fingerprint density at radius 1 is 1.35 bits per heavy atom. The van der Waals surface area contributed by atoms with Crippen LogP contribution in [0.2, 0.25) is 0 Å². The number of hydrogen-bond donors (Lipinski definition) is 2. The van der Waals surface area contributed by atoms with Crippen molar-refractivity contribution in [2.75, 3.05) is 19.6 Å². The van der Waals surface area contributed by atoms with Crippen LogP contribution in [-0.2, 0) is 4.79 Å². The molecule has 0 bridgehead atoms. The molecule has 0 aromatic carbocycles. The highest BCUT2D eigenvalue weighted by atomic mass is 16.2. The Kier molecular flexibility index (Phi) is 4.43. The summed E-state index contributed by atoms with van der Waals surface area (Å²) in [7, 11) is 0. The molecule has 1 heterocycles. The van der Waals surface area contributed by atoms with Crippen LogP contribution >= 0.6 is 0 Å². The van der Waals surface area contributed by atoms with E-state index in [1.807, 2.05) is 0 Å². The summed E-state index contributed by atoms with van der Waals surface area (Å²) in [5, 5.41) is 6.58. The van der Waals surface area contributed by atoms with Gasteiger partial charge in [0.15, 0.2) is 0 Å². The Morgan fingerprint density at radius 3 is 2.71 bits per heavy atom. The highest BCUT2D eigenvalue weighted by Gasteiger charge is 2.37. The molecular weight excluding hydrogens is 212 g/mol. The van der Waals surface area contributed by atoms with Crippen LogP contribution in [0.5, 0.6) is 0 Å². The Morgan fingerprint density at radius 2 is 2.12 bits per heavy atom. The largest absolute Gasteiger partial charge is 0.355 e. The lowest BCUT2D eigenvalue weighted by molar-refractivity contribution is -0.132. The molecule has 0 radical (unpaired) electrons. The van der Waals surface area contributed by atoms with Crippen molar-refractivity contribution in [2.45, 2.75) is 51.9 Å². The van der Waals surface area contributed by atoms with Crippen molar-refractivity contribution >= 4 is 5.91 Å². The summed E-state index contributed by atoms with van der Waals surface area (Å²) in [5.74, 6) is 1.03. The summed E-state index contributed by atoms with van der Waals surface area (Å²) in [6.45, 7) is 4.97. The minimum absolute atomic E-state index is 0.128. The van der Waals surface area contributed by atoms with Gasteiger partial charge in [-0.3, -0.25) is 4.79 Å². The zero-order valence-electron chi connectivity index (χ0n) is 11.1. The van der Waals surface area contributed by atoms with Gasteiger partial charge in [0.05, 0.1) is 5.41 Å². The highest BCUT2D eigenvalue weighted by Crippen LogP contribution is 2.30. The first-order valence-electron chi connectivity index (χ1n) is 7.26. The topological polar surface area (TPSA) is 41.1 Å². The van der Waals surface area contributed by atoms with Gasteiger partial charge in [0.2, 0.25) is 5.91 Å². The lowest BCUT2D eigenvalue weighted by Gasteiger charge is -2.35. The fourth-order valence-electron chi connectivity index (χ4n) is 3.26. The molecule has 2 N–H and O–H groups in total. The number of carbonyl (C=O) groups is 1. The molecule has 3 heteroatoms. The van der Waals surface area contributed by atoms with Gasteiger partial charge in [-0.1, -0.05) is 19.8 Å². The lowest BCUT2D eigenvalue weighted by Crippen LogP contribution is -2.50. The Bertz CT molecular complexity index is 253. The number of piperidine rings is 1. The number of nitrogens with one attached hydrogen (secondary N) is 2. The van der Waals surface area contributed by atoms with Crippen molar-refractivity contribution in [1.82, 2.24) is 10.6 Å². The third kappa shape index (κ3) is 3.01. The van der Waals surface area contributed by atoms with Crippen molar-refractivity contribution in [2.24, 2.45) is 11.3 Å². The molecule has 0 aromatic rings. The van der Waals surface area contributed by atoms with Gasteiger partial charge in [-0.05, 0) is 44.6 Å². The van der Waals surface area contributed by atoms with Gasteiger partial charge in [0.25, 0.3) is 0 Å². The van der Waals surface area contributed by atoms with E-state index in [-0.39, 0.29) is 5.41 Å². The first-order chi connectivity index (χ1) is 8.27. The van der Waals surface area contributed by atoms with Gasteiger partial charge in [0, 0.05) is 13.1 Å². The van der Waals surface area contributed by atoms with Crippen LogP contribution in [0.1, 0.15) is 51.9 Å². The van der Waals surface area contributed by atoms with E-state index in [0.717, 1.165) is 44.8 Å². The zero-order chi connectivity index (χ0) is 12.1. The minimum Gasteiger partial charge on any atom is -0.355 e. The van der Waals surface area contributed by atoms with Crippen molar-refractivity contribution in [1.29, 1.82) is 0 Å². The average molecular weight is 238 g/mol. The summed E-state index contributed by atoms with van der Waals surface area (Å²) >= 11 is 0. The predicted octanol–water partition coefficient (Wildman–Crippen LogP) is 2.07. The molecule has 1 unspecified atom stereocenters. The Balaban J connectivity index is 1.83. The highest BCUT2D eigenvalue weighted by molar-refractivity contribution is 5.83. The van der Waals surface area contributed by atoms with Gasteiger partial charge < -0.3 is 10.6 Å². The van der Waals surface area contributed by atoms with E-state index in [1.54, 1.807) is 0 Å².